The summed E-state index contributed by atoms with van der Waals surface area (Å²) in [6, 6.07) is 1.56. The van der Waals surface area contributed by atoms with Crippen LogP contribution in [0.5, 0.6) is 0 Å². The van der Waals surface area contributed by atoms with Crippen molar-refractivity contribution in [2.45, 2.75) is 25.8 Å². The van der Waals surface area contributed by atoms with Gasteiger partial charge in [0.25, 0.3) is 5.91 Å². The Kier molecular flexibility index (Phi) is 4.01. The highest BCUT2D eigenvalue weighted by Crippen LogP contribution is 2.24. The molecule has 2 rings (SSSR count). The predicted octanol–water partition coefficient (Wildman–Crippen LogP) is 2.29. The molecule has 1 aromatic rings. The van der Waals surface area contributed by atoms with Crippen LogP contribution in [0.25, 0.3) is 0 Å². The van der Waals surface area contributed by atoms with E-state index in [2.05, 4.69) is 0 Å². The molecule has 4 nitrogen and oxygen atoms in total. The zero-order valence-electron chi connectivity index (χ0n) is 11.0. The lowest BCUT2D eigenvalue weighted by atomic mass is 9.92. The van der Waals surface area contributed by atoms with Crippen LogP contribution in [0.1, 0.15) is 30.1 Å². The summed E-state index contributed by atoms with van der Waals surface area (Å²) in [7, 11) is 0. The van der Waals surface area contributed by atoms with Gasteiger partial charge in [-0.3, -0.25) is 4.79 Å². The third-order valence-electron chi connectivity index (χ3n) is 3.52. The molecule has 1 aromatic carbocycles. The maximum absolute atomic E-state index is 13.1. The van der Waals surface area contributed by atoms with Crippen LogP contribution in [0, 0.1) is 17.6 Å². The van der Waals surface area contributed by atoms with Crippen LogP contribution in [0.15, 0.2) is 18.2 Å². The molecule has 2 unspecified atom stereocenters. The van der Waals surface area contributed by atoms with E-state index in [0.29, 0.717) is 18.9 Å². The lowest BCUT2D eigenvalue weighted by Crippen LogP contribution is -2.49. The van der Waals surface area contributed by atoms with Crippen molar-refractivity contribution >= 4 is 11.9 Å². The molecule has 0 saturated carbocycles. The van der Waals surface area contributed by atoms with Crippen molar-refractivity contribution in [1.29, 1.82) is 0 Å². The summed E-state index contributed by atoms with van der Waals surface area (Å²) < 4.78 is 26.3. The highest BCUT2D eigenvalue weighted by molar-refractivity contribution is 5.96. The maximum Gasteiger partial charge on any atom is 0.326 e. The van der Waals surface area contributed by atoms with Crippen molar-refractivity contribution in [2.75, 3.05) is 6.54 Å². The molecule has 1 fully saturated rings. The molecule has 1 aliphatic heterocycles. The van der Waals surface area contributed by atoms with Gasteiger partial charge in [-0.15, -0.1) is 0 Å². The number of hydrogen-bond acceptors (Lipinski definition) is 2. The Morgan fingerprint density at radius 3 is 2.40 bits per heavy atom. The standard InChI is InChI=1S/C14H15F2NO3/c1-8-2-3-17(12(4-8)14(19)20)13(18)9-5-10(15)7-11(16)6-9/h5-8,12H,2-4H2,1H3,(H,19,20). The van der Waals surface area contributed by atoms with Crippen LogP contribution in [0.3, 0.4) is 0 Å². The molecule has 108 valence electrons. The normalized spacial score (nSPS) is 22.6. The van der Waals surface area contributed by atoms with Crippen molar-refractivity contribution in [1.82, 2.24) is 4.90 Å². The zero-order valence-corrected chi connectivity index (χ0v) is 11.0. The number of aliphatic carboxylic acids is 1. The minimum Gasteiger partial charge on any atom is -0.480 e. The maximum atomic E-state index is 13.1. The largest absolute Gasteiger partial charge is 0.480 e. The predicted molar refractivity (Wildman–Crippen MR) is 67.2 cm³/mol. The summed E-state index contributed by atoms with van der Waals surface area (Å²) >= 11 is 0. The van der Waals surface area contributed by atoms with E-state index in [0.717, 1.165) is 12.1 Å². The van der Waals surface area contributed by atoms with E-state index in [1.807, 2.05) is 6.92 Å². The molecule has 1 amide bonds. The van der Waals surface area contributed by atoms with E-state index < -0.39 is 29.6 Å². The van der Waals surface area contributed by atoms with Crippen molar-refractivity contribution in [3.05, 3.63) is 35.4 Å². The summed E-state index contributed by atoms with van der Waals surface area (Å²) in [6.07, 6.45) is 1.02. The Labute approximate surface area is 115 Å². The first-order valence-corrected chi connectivity index (χ1v) is 6.38. The monoisotopic (exact) mass is 283 g/mol. The fourth-order valence-corrected chi connectivity index (χ4v) is 2.46. The number of carbonyl (C=O) groups excluding carboxylic acids is 1. The van der Waals surface area contributed by atoms with E-state index in [4.69, 9.17) is 0 Å². The van der Waals surface area contributed by atoms with Gasteiger partial charge in [-0.25, -0.2) is 13.6 Å². The van der Waals surface area contributed by atoms with E-state index >= 15 is 0 Å². The third-order valence-corrected chi connectivity index (χ3v) is 3.52. The van der Waals surface area contributed by atoms with Crippen LogP contribution in [-0.2, 0) is 4.79 Å². The number of carbonyl (C=O) groups is 2. The lowest BCUT2D eigenvalue weighted by Gasteiger charge is -2.36. The number of amides is 1. The Balaban J connectivity index is 2.28. The van der Waals surface area contributed by atoms with Gasteiger partial charge < -0.3 is 10.0 Å². The Morgan fingerprint density at radius 2 is 1.85 bits per heavy atom. The van der Waals surface area contributed by atoms with E-state index in [-0.39, 0.29) is 18.0 Å². The molecule has 0 spiro atoms. The number of carboxylic acids is 1. The number of nitrogens with zero attached hydrogens (tertiary/aromatic N) is 1. The molecule has 0 aromatic heterocycles. The van der Waals surface area contributed by atoms with Crippen LogP contribution >= 0.6 is 0 Å². The first-order valence-electron chi connectivity index (χ1n) is 6.38. The number of piperidine rings is 1. The third kappa shape index (κ3) is 2.95. The highest BCUT2D eigenvalue weighted by Gasteiger charge is 2.35. The summed E-state index contributed by atoms with van der Waals surface area (Å²) in [6.45, 7) is 2.19. The molecule has 0 bridgehead atoms. The van der Waals surface area contributed by atoms with Crippen molar-refractivity contribution < 1.29 is 23.5 Å². The van der Waals surface area contributed by atoms with Crippen molar-refractivity contribution in [2.24, 2.45) is 5.92 Å². The Bertz CT molecular complexity index is 527. The fraction of sp³-hybridized carbons (Fsp3) is 0.429. The molecule has 1 saturated heterocycles. The lowest BCUT2D eigenvalue weighted by molar-refractivity contribution is -0.144. The number of halogens is 2. The van der Waals surface area contributed by atoms with Gasteiger partial charge in [-0.1, -0.05) is 6.92 Å². The van der Waals surface area contributed by atoms with Crippen LogP contribution in [0.2, 0.25) is 0 Å². The smallest absolute Gasteiger partial charge is 0.326 e. The van der Waals surface area contributed by atoms with Crippen LogP contribution in [0.4, 0.5) is 8.78 Å². The van der Waals surface area contributed by atoms with Gasteiger partial charge in [0, 0.05) is 18.2 Å². The number of hydrogen-bond donors (Lipinski definition) is 1. The summed E-state index contributed by atoms with van der Waals surface area (Å²) in [5, 5.41) is 9.19. The van der Waals surface area contributed by atoms with E-state index in [1.54, 1.807) is 0 Å². The van der Waals surface area contributed by atoms with Gasteiger partial charge in [-0.05, 0) is 30.9 Å². The quantitative estimate of drug-likeness (QED) is 0.906. The molecular weight excluding hydrogens is 268 g/mol. The fourth-order valence-electron chi connectivity index (χ4n) is 2.46. The second-order valence-electron chi connectivity index (χ2n) is 5.14. The molecule has 20 heavy (non-hydrogen) atoms. The minimum absolute atomic E-state index is 0.164. The average Bonchev–Trinajstić information content (AvgIpc) is 2.36. The SMILES string of the molecule is CC1CCN(C(=O)c2cc(F)cc(F)c2)C(C(=O)O)C1. The Hall–Kier alpha value is -1.98. The first-order chi connectivity index (χ1) is 9.38. The topological polar surface area (TPSA) is 57.6 Å². The molecule has 0 aliphatic carbocycles. The van der Waals surface area contributed by atoms with Gasteiger partial charge >= 0.3 is 5.97 Å². The van der Waals surface area contributed by atoms with Gasteiger partial charge in [-0.2, -0.15) is 0 Å². The first kappa shape index (κ1) is 14.4. The number of carboxylic acid groups (broad SMARTS) is 1. The zero-order chi connectivity index (χ0) is 14.9. The second kappa shape index (κ2) is 5.56. The van der Waals surface area contributed by atoms with Gasteiger partial charge in [0.05, 0.1) is 0 Å². The van der Waals surface area contributed by atoms with Crippen LogP contribution < -0.4 is 0 Å². The summed E-state index contributed by atoms with van der Waals surface area (Å²) in [5.74, 6) is -3.26. The Morgan fingerprint density at radius 1 is 1.25 bits per heavy atom. The molecular formula is C14H15F2NO3. The van der Waals surface area contributed by atoms with Gasteiger partial charge in [0.2, 0.25) is 0 Å². The molecule has 2 atom stereocenters. The number of rotatable bonds is 2. The van der Waals surface area contributed by atoms with Crippen LogP contribution in [-0.4, -0.2) is 34.5 Å². The molecule has 1 heterocycles. The molecule has 0 radical (unpaired) electrons. The number of benzene rings is 1. The highest BCUT2D eigenvalue weighted by atomic mass is 19.1. The van der Waals surface area contributed by atoms with Gasteiger partial charge in [0.1, 0.15) is 17.7 Å². The van der Waals surface area contributed by atoms with Gasteiger partial charge in [0.15, 0.2) is 0 Å². The second-order valence-corrected chi connectivity index (χ2v) is 5.14. The summed E-state index contributed by atoms with van der Waals surface area (Å²) in [5.41, 5.74) is -0.164. The van der Waals surface area contributed by atoms with E-state index in [1.165, 1.54) is 4.90 Å². The molecule has 6 heteroatoms. The summed E-state index contributed by atoms with van der Waals surface area (Å²) in [4.78, 5) is 24.7. The van der Waals surface area contributed by atoms with E-state index in [9.17, 15) is 23.5 Å². The molecule has 1 N–H and O–H groups in total. The van der Waals surface area contributed by atoms with Crippen molar-refractivity contribution in [3.63, 3.8) is 0 Å². The van der Waals surface area contributed by atoms with Crippen molar-refractivity contribution in [3.8, 4) is 0 Å². The average molecular weight is 283 g/mol. The number of likely N-dealkylation sites (tertiary alicyclic amines) is 1. The molecule has 1 aliphatic rings. The minimum atomic E-state index is -1.10.